The summed E-state index contributed by atoms with van der Waals surface area (Å²) in [4.78, 5) is 40.5. The summed E-state index contributed by atoms with van der Waals surface area (Å²) in [5.74, 6) is 0.0869. The fourth-order valence-corrected chi connectivity index (χ4v) is 3.52. The number of hydrogen-bond acceptors (Lipinski definition) is 7. The molecule has 3 amide bonds. The first-order valence-corrected chi connectivity index (χ1v) is 9.02. The van der Waals surface area contributed by atoms with Gasteiger partial charge in [0.15, 0.2) is 5.82 Å². The first-order valence-electron chi connectivity index (χ1n) is 8.14. The number of benzene rings is 1. The monoisotopic (exact) mass is 374 g/mol. The van der Waals surface area contributed by atoms with Crippen molar-refractivity contribution in [2.24, 2.45) is 0 Å². The molecule has 1 aliphatic heterocycles. The van der Waals surface area contributed by atoms with E-state index in [4.69, 9.17) is 4.52 Å². The molecule has 9 heteroatoms. The van der Waals surface area contributed by atoms with E-state index in [9.17, 15) is 14.4 Å². The molecular formula is C17H18N4O4S. The highest BCUT2D eigenvalue weighted by molar-refractivity contribution is 8.00. The lowest BCUT2D eigenvalue weighted by atomic mass is 10.2. The molecule has 1 fully saturated rings. The molecule has 0 saturated carbocycles. The van der Waals surface area contributed by atoms with Crippen LogP contribution in [0.1, 0.15) is 48.3 Å². The number of nitrogens with one attached hydrogen (secondary N) is 2. The van der Waals surface area contributed by atoms with Gasteiger partial charge in [-0.25, -0.2) is 0 Å². The standard InChI is InChI=1S/C17H18N4O4S/c1-9(2)17-19-13(21-25-17)8-18-15(23)10-5-3-4-6-11(10)26-12-7-14(22)20-16(12)24/h3-6,9,12H,7-8H2,1-2H3,(H,18,23)(H,20,22,24). The highest BCUT2D eigenvalue weighted by Gasteiger charge is 2.32. The van der Waals surface area contributed by atoms with E-state index in [0.29, 0.717) is 22.2 Å². The van der Waals surface area contributed by atoms with Gasteiger partial charge >= 0.3 is 0 Å². The first kappa shape index (κ1) is 18.1. The average Bonchev–Trinajstić information content (AvgIpc) is 3.20. The Morgan fingerprint density at radius 1 is 1.38 bits per heavy atom. The number of aromatic nitrogens is 2. The Morgan fingerprint density at radius 3 is 2.81 bits per heavy atom. The van der Waals surface area contributed by atoms with Crippen LogP contribution in [0, 0.1) is 0 Å². The first-order chi connectivity index (χ1) is 12.4. The summed E-state index contributed by atoms with van der Waals surface area (Å²) in [5, 5.41) is 8.32. The Kier molecular flexibility index (Phi) is 5.36. The highest BCUT2D eigenvalue weighted by atomic mass is 32.2. The van der Waals surface area contributed by atoms with Crippen molar-refractivity contribution in [2.75, 3.05) is 0 Å². The van der Waals surface area contributed by atoms with Crippen LogP contribution in [0.15, 0.2) is 33.7 Å². The van der Waals surface area contributed by atoms with Gasteiger partial charge in [0.2, 0.25) is 17.7 Å². The quantitative estimate of drug-likeness (QED) is 0.739. The number of carbonyl (C=O) groups is 3. The van der Waals surface area contributed by atoms with Gasteiger partial charge in [0, 0.05) is 17.2 Å². The maximum atomic E-state index is 12.5. The summed E-state index contributed by atoms with van der Waals surface area (Å²) in [5.41, 5.74) is 0.428. The van der Waals surface area contributed by atoms with Crippen molar-refractivity contribution in [1.82, 2.24) is 20.8 Å². The van der Waals surface area contributed by atoms with Gasteiger partial charge < -0.3 is 9.84 Å². The van der Waals surface area contributed by atoms with Crippen molar-refractivity contribution in [3.05, 3.63) is 41.5 Å². The fraction of sp³-hybridized carbons (Fsp3) is 0.353. The Hall–Kier alpha value is -2.68. The lowest BCUT2D eigenvalue weighted by Crippen LogP contribution is -2.25. The maximum absolute atomic E-state index is 12.5. The Morgan fingerprint density at radius 2 is 2.15 bits per heavy atom. The molecule has 2 aromatic rings. The molecule has 8 nitrogen and oxygen atoms in total. The van der Waals surface area contributed by atoms with E-state index in [1.165, 1.54) is 11.8 Å². The second-order valence-corrected chi connectivity index (χ2v) is 7.35. The summed E-state index contributed by atoms with van der Waals surface area (Å²) in [6, 6.07) is 6.94. The number of amides is 3. The normalized spacial score (nSPS) is 16.8. The zero-order chi connectivity index (χ0) is 18.7. The fourth-order valence-electron chi connectivity index (χ4n) is 2.36. The van der Waals surface area contributed by atoms with E-state index in [1.807, 2.05) is 13.8 Å². The summed E-state index contributed by atoms with van der Waals surface area (Å²) in [7, 11) is 0. The number of imide groups is 1. The van der Waals surface area contributed by atoms with Crippen LogP contribution in [-0.4, -0.2) is 33.1 Å². The van der Waals surface area contributed by atoms with Crippen LogP contribution in [0.2, 0.25) is 0 Å². The van der Waals surface area contributed by atoms with Gasteiger partial charge in [0.1, 0.15) is 0 Å². The number of rotatable bonds is 6. The summed E-state index contributed by atoms with van der Waals surface area (Å²) >= 11 is 1.20. The molecular weight excluding hydrogens is 356 g/mol. The van der Waals surface area contributed by atoms with Crippen molar-refractivity contribution in [3.63, 3.8) is 0 Å². The predicted molar refractivity (Wildman–Crippen MR) is 93.4 cm³/mol. The largest absolute Gasteiger partial charge is 0.345 e. The van der Waals surface area contributed by atoms with Crippen LogP contribution < -0.4 is 10.6 Å². The van der Waals surface area contributed by atoms with Gasteiger partial charge in [0.25, 0.3) is 5.91 Å². The molecule has 3 rings (SSSR count). The van der Waals surface area contributed by atoms with Crippen LogP contribution in [0.5, 0.6) is 0 Å². The van der Waals surface area contributed by atoms with E-state index in [0.717, 1.165) is 0 Å². The van der Waals surface area contributed by atoms with Gasteiger partial charge in [-0.05, 0) is 12.1 Å². The lowest BCUT2D eigenvalue weighted by Gasteiger charge is -2.11. The molecule has 136 valence electrons. The molecule has 0 spiro atoms. The van der Waals surface area contributed by atoms with E-state index in [-0.39, 0.29) is 36.6 Å². The number of hydrogen-bond donors (Lipinski definition) is 2. The van der Waals surface area contributed by atoms with Crippen LogP contribution in [0.25, 0.3) is 0 Å². The molecule has 0 bridgehead atoms. The topological polar surface area (TPSA) is 114 Å². The lowest BCUT2D eigenvalue weighted by molar-refractivity contribution is -0.124. The molecule has 1 aromatic carbocycles. The van der Waals surface area contributed by atoms with Gasteiger partial charge in [-0.15, -0.1) is 11.8 Å². The van der Waals surface area contributed by atoms with Crippen LogP contribution >= 0.6 is 11.8 Å². The highest BCUT2D eigenvalue weighted by Crippen LogP contribution is 2.30. The molecule has 1 atom stereocenters. The third kappa shape index (κ3) is 4.10. The zero-order valence-corrected chi connectivity index (χ0v) is 15.1. The van der Waals surface area contributed by atoms with Gasteiger partial charge in [0.05, 0.1) is 17.4 Å². The number of carbonyl (C=O) groups excluding carboxylic acids is 3. The molecule has 0 aliphatic carbocycles. The number of thioether (sulfide) groups is 1. The van der Waals surface area contributed by atoms with Crippen LogP contribution in [0.3, 0.4) is 0 Å². The van der Waals surface area contributed by atoms with Gasteiger partial charge in [-0.2, -0.15) is 4.98 Å². The van der Waals surface area contributed by atoms with Gasteiger partial charge in [-0.1, -0.05) is 31.1 Å². The molecule has 1 saturated heterocycles. The molecule has 1 unspecified atom stereocenters. The summed E-state index contributed by atoms with van der Waals surface area (Å²) < 4.78 is 5.11. The zero-order valence-electron chi connectivity index (χ0n) is 14.3. The molecule has 26 heavy (non-hydrogen) atoms. The van der Waals surface area contributed by atoms with E-state index in [2.05, 4.69) is 20.8 Å². The second kappa shape index (κ2) is 7.69. The Bertz CT molecular complexity index is 849. The van der Waals surface area contributed by atoms with Crippen molar-refractivity contribution < 1.29 is 18.9 Å². The minimum Gasteiger partial charge on any atom is -0.345 e. The third-order valence-corrected chi connectivity index (χ3v) is 4.99. The van der Waals surface area contributed by atoms with Crippen LogP contribution in [0.4, 0.5) is 0 Å². The minimum absolute atomic E-state index is 0.111. The smallest absolute Gasteiger partial charge is 0.252 e. The van der Waals surface area contributed by atoms with E-state index < -0.39 is 5.25 Å². The second-order valence-electron chi connectivity index (χ2n) is 6.11. The minimum atomic E-state index is -0.526. The number of nitrogens with zero attached hydrogens (tertiary/aromatic N) is 2. The van der Waals surface area contributed by atoms with Crippen molar-refractivity contribution in [2.45, 2.75) is 42.9 Å². The molecule has 1 aliphatic rings. The van der Waals surface area contributed by atoms with Crippen LogP contribution in [-0.2, 0) is 16.1 Å². The third-order valence-electron chi connectivity index (χ3n) is 3.71. The molecule has 2 heterocycles. The van der Waals surface area contributed by atoms with Crippen molar-refractivity contribution in [1.29, 1.82) is 0 Å². The predicted octanol–water partition coefficient (Wildman–Crippen LogP) is 1.63. The van der Waals surface area contributed by atoms with E-state index >= 15 is 0 Å². The van der Waals surface area contributed by atoms with Crippen molar-refractivity contribution >= 4 is 29.5 Å². The molecule has 1 aromatic heterocycles. The summed E-state index contributed by atoms with van der Waals surface area (Å²) in [6.07, 6.45) is 0.111. The Labute approximate surface area is 154 Å². The van der Waals surface area contributed by atoms with Crippen molar-refractivity contribution in [3.8, 4) is 0 Å². The molecule has 0 radical (unpaired) electrons. The average molecular weight is 374 g/mol. The van der Waals surface area contributed by atoms with E-state index in [1.54, 1.807) is 24.3 Å². The van der Waals surface area contributed by atoms with Gasteiger partial charge in [-0.3, -0.25) is 19.7 Å². The SMILES string of the molecule is CC(C)c1nc(CNC(=O)c2ccccc2SC2CC(=O)NC2=O)no1. The Balaban J connectivity index is 1.67. The molecule has 2 N–H and O–H groups in total. The summed E-state index contributed by atoms with van der Waals surface area (Å²) in [6.45, 7) is 4.01. The maximum Gasteiger partial charge on any atom is 0.252 e.